The lowest BCUT2D eigenvalue weighted by molar-refractivity contribution is -0.967. The number of nitrogens with one attached hydrogen (secondary N) is 1. The van der Waals surface area contributed by atoms with Crippen LogP contribution in [0.5, 0.6) is 0 Å². The van der Waals surface area contributed by atoms with Gasteiger partial charge in [-0.05, 0) is 13.8 Å². The highest BCUT2D eigenvalue weighted by Gasteiger charge is 2.53. The zero-order valence-electron chi connectivity index (χ0n) is 12.6. The Labute approximate surface area is 112 Å². The van der Waals surface area contributed by atoms with E-state index in [2.05, 4.69) is 26.2 Å². The van der Waals surface area contributed by atoms with E-state index < -0.39 is 0 Å². The molecule has 2 aliphatic heterocycles. The highest BCUT2D eigenvalue weighted by molar-refractivity contribution is 5.78. The van der Waals surface area contributed by atoms with Gasteiger partial charge in [0.2, 0.25) is 5.91 Å². The van der Waals surface area contributed by atoms with E-state index in [1.807, 2.05) is 13.8 Å². The molecule has 2 fully saturated rings. The van der Waals surface area contributed by atoms with E-state index in [1.165, 1.54) is 30.2 Å². The Morgan fingerprint density at radius 3 is 2.00 bits per heavy atom. The van der Waals surface area contributed by atoms with Crippen molar-refractivity contribution in [2.75, 3.05) is 7.05 Å². The maximum Gasteiger partial charge on any atom is 0.222 e. The highest BCUT2D eigenvalue weighted by atomic mass is 16.1. The maximum atomic E-state index is 11.8. The van der Waals surface area contributed by atoms with Gasteiger partial charge in [0.25, 0.3) is 0 Å². The minimum absolute atomic E-state index is 0.107. The first-order valence-electron chi connectivity index (χ1n) is 7.51. The minimum atomic E-state index is 0.107. The number of carbonyl (C=O) groups is 1. The predicted molar refractivity (Wildman–Crippen MR) is 74.1 cm³/mol. The van der Waals surface area contributed by atoms with E-state index in [0.717, 1.165) is 12.1 Å². The van der Waals surface area contributed by atoms with Crippen molar-refractivity contribution in [3.05, 3.63) is 0 Å². The lowest BCUT2D eigenvalue weighted by Crippen LogP contribution is -2.64. The Hall–Kier alpha value is -0.570. The molecular formula is C15H29N2O+. The van der Waals surface area contributed by atoms with Gasteiger partial charge in [-0.15, -0.1) is 0 Å². The van der Waals surface area contributed by atoms with Crippen LogP contribution in [0.15, 0.2) is 0 Å². The number of amides is 1. The second-order valence-corrected chi connectivity index (χ2v) is 7.03. The summed E-state index contributed by atoms with van der Waals surface area (Å²) in [6, 6.07) is 2.62. The summed E-state index contributed by atoms with van der Waals surface area (Å²) in [5.41, 5.74) is 0. The standard InChI is InChI=1S/C15H28N2O/c1-10(2)15(18)16-12-8-13-6-7-14(9-12)17(13,5)11(3)4/h10-14H,6-9H2,1-5H3/p+1. The van der Waals surface area contributed by atoms with E-state index >= 15 is 0 Å². The van der Waals surface area contributed by atoms with Crippen molar-refractivity contribution >= 4 is 5.91 Å². The lowest BCUT2D eigenvalue weighted by atomic mass is 9.92. The summed E-state index contributed by atoms with van der Waals surface area (Å²) >= 11 is 0. The molecule has 0 radical (unpaired) electrons. The zero-order chi connectivity index (χ0) is 13.5. The van der Waals surface area contributed by atoms with Crippen molar-refractivity contribution in [3.8, 4) is 0 Å². The van der Waals surface area contributed by atoms with Crippen molar-refractivity contribution in [3.63, 3.8) is 0 Å². The molecule has 1 N–H and O–H groups in total. The summed E-state index contributed by atoms with van der Waals surface area (Å²) < 4.78 is 1.23. The fraction of sp³-hybridized carbons (Fsp3) is 0.933. The Kier molecular flexibility index (Phi) is 3.72. The summed E-state index contributed by atoms with van der Waals surface area (Å²) in [7, 11) is 2.42. The quantitative estimate of drug-likeness (QED) is 0.768. The largest absolute Gasteiger partial charge is 0.353 e. The lowest BCUT2D eigenvalue weighted by Gasteiger charge is -2.50. The third-order valence-corrected chi connectivity index (χ3v) is 5.50. The van der Waals surface area contributed by atoms with Crippen LogP contribution >= 0.6 is 0 Å². The van der Waals surface area contributed by atoms with Crippen LogP contribution in [0.4, 0.5) is 0 Å². The number of hydrogen-bond donors (Lipinski definition) is 1. The van der Waals surface area contributed by atoms with Gasteiger partial charge in [0.15, 0.2) is 0 Å². The Morgan fingerprint density at radius 1 is 1.11 bits per heavy atom. The summed E-state index contributed by atoms with van der Waals surface area (Å²) in [4.78, 5) is 11.8. The molecule has 3 nitrogen and oxygen atoms in total. The molecule has 0 aromatic heterocycles. The second kappa shape index (κ2) is 4.84. The molecule has 0 saturated carbocycles. The van der Waals surface area contributed by atoms with Gasteiger partial charge >= 0.3 is 0 Å². The fourth-order valence-electron chi connectivity index (χ4n) is 4.01. The number of quaternary nitrogens is 1. The predicted octanol–water partition coefficient (Wildman–Crippen LogP) is 2.31. The van der Waals surface area contributed by atoms with Gasteiger partial charge in [0, 0.05) is 37.6 Å². The van der Waals surface area contributed by atoms with Crippen molar-refractivity contribution in [2.45, 2.75) is 77.5 Å². The third-order valence-electron chi connectivity index (χ3n) is 5.50. The van der Waals surface area contributed by atoms with Crippen LogP contribution < -0.4 is 5.32 Å². The monoisotopic (exact) mass is 253 g/mol. The van der Waals surface area contributed by atoms with Crippen LogP contribution in [-0.4, -0.2) is 41.6 Å². The van der Waals surface area contributed by atoms with Crippen molar-refractivity contribution in [1.82, 2.24) is 5.32 Å². The number of hydrogen-bond acceptors (Lipinski definition) is 1. The molecule has 2 bridgehead atoms. The Balaban J connectivity index is 2.02. The SMILES string of the molecule is CC(C)C(=O)NC1CC2CCC(C1)[N+]2(C)C(C)C. The van der Waals surface area contributed by atoms with Gasteiger partial charge in [-0.25, -0.2) is 0 Å². The smallest absolute Gasteiger partial charge is 0.222 e. The molecule has 18 heavy (non-hydrogen) atoms. The second-order valence-electron chi connectivity index (χ2n) is 7.03. The first-order valence-corrected chi connectivity index (χ1v) is 7.51. The molecule has 2 aliphatic rings. The summed E-state index contributed by atoms with van der Waals surface area (Å²) in [5.74, 6) is 0.329. The van der Waals surface area contributed by atoms with E-state index in [0.29, 0.717) is 12.1 Å². The highest BCUT2D eigenvalue weighted by Crippen LogP contribution is 2.43. The topological polar surface area (TPSA) is 29.1 Å². The van der Waals surface area contributed by atoms with Crippen LogP contribution in [-0.2, 0) is 4.79 Å². The van der Waals surface area contributed by atoms with E-state index in [4.69, 9.17) is 0 Å². The van der Waals surface area contributed by atoms with Crippen LogP contribution in [0.25, 0.3) is 0 Å². The molecule has 0 aliphatic carbocycles. The molecule has 0 aromatic rings. The normalized spacial score (nSPS) is 39.4. The van der Waals surface area contributed by atoms with Gasteiger partial charge in [0.1, 0.15) is 0 Å². The van der Waals surface area contributed by atoms with Gasteiger partial charge < -0.3 is 9.80 Å². The number of piperidine rings is 1. The Morgan fingerprint density at radius 2 is 1.61 bits per heavy atom. The molecule has 3 heteroatoms. The number of fused-ring (bicyclic) bond motifs is 2. The average Bonchev–Trinajstić information content (AvgIpc) is 2.50. The first kappa shape index (κ1) is 13.9. The van der Waals surface area contributed by atoms with E-state index in [9.17, 15) is 4.79 Å². The van der Waals surface area contributed by atoms with Gasteiger partial charge in [-0.3, -0.25) is 4.79 Å². The third kappa shape index (κ3) is 2.18. The molecule has 2 unspecified atom stereocenters. The van der Waals surface area contributed by atoms with Crippen LogP contribution in [0.2, 0.25) is 0 Å². The first-order chi connectivity index (χ1) is 8.35. The minimum Gasteiger partial charge on any atom is -0.353 e. The van der Waals surface area contributed by atoms with Gasteiger partial charge in [-0.1, -0.05) is 13.8 Å². The van der Waals surface area contributed by atoms with Gasteiger partial charge in [0.05, 0.1) is 25.2 Å². The van der Waals surface area contributed by atoms with Crippen molar-refractivity contribution in [1.29, 1.82) is 0 Å². The van der Waals surface area contributed by atoms with Gasteiger partial charge in [-0.2, -0.15) is 0 Å². The molecule has 2 rings (SSSR count). The summed E-state index contributed by atoms with van der Waals surface area (Å²) in [6.07, 6.45) is 5.02. The van der Waals surface area contributed by atoms with E-state index in [1.54, 1.807) is 0 Å². The molecule has 2 atom stereocenters. The molecule has 2 saturated heterocycles. The molecule has 1 amide bonds. The molecular weight excluding hydrogens is 224 g/mol. The zero-order valence-corrected chi connectivity index (χ0v) is 12.6. The van der Waals surface area contributed by atoms with Crippen molar-refractivity contribution in [2.24, 2.45) is 5.92 Å². The molecule has 0 aromatic carbocycles. The molecule has 0 spiro atoms. The van der Waals surface area contributed by atoms with Crippen molar-refractivity contribution < 1.29 is 9.28 Å². The summed E-state index contributed by atoms with van der Waals surface area (Å²) in [5, 5.41) is 3.25. The van der Waals surface area contributed by atoms with E-state index in [-0.39, 0.29) is 11.8 Å². The number of carbonyl (C=O) groups excluding carboxylic acids is 1. The average molecular weight is 253 g/mol. The maximum absolute atomic E-state index is 11.8. The number of nitrogens with zero attached hydrogens (tertiary/aromatic N) is 1. The summed E-state index contributed by atoms with van der Waals surface area (Å²) in [6.45, 7) is 8.64. The van der Waals surface area contributed by atoms with Crippen LogP contribution in [0, 0.1) is 5.92 Å². The fourth-order valence-corrected chi connectivity index (χ4v) is 4.01. The molecule has 2 heterocycles. The van der Waals surface area contributed by atoms with Crippen LogP contribution in [0.3, 0.4) is 0 Å². The number of rotatable bonds is 3. The molecule has 104 valence electrons. The Bertz CT molecular complexity index is 310. The van der Waals surface area contributed by atoms with Crippen LogP contribution in [0.1, 0.15) is 53.4 Å².